The summed E-state index contributed by atoms with van der Waals surface area (Å²) in [5.41, 5.74) is 2.52. The molecule has 6 saturated carbocycles. The first-order chi connectivity index (χ1) is 60.3. The number of hydrogen-bond donors (Lipinski definition) is 5. The molecular weight excluding hydrogens is 1620 g/mol. The van der Waals surface area contributed by atoms with Gasteiger partial charge in [0.1, 0.15) is 0 Å². The third-order valence-electron chi connectivity index (χ3n) is 25.1. The topological polar surface area (TPSA) is 199 Å². The number of halogens is 2. The molecule has 5 N–H and O–H groups in total. The minimum Gasteiger partial charge on any atom is -0.343 e. The number of carbonyl (C=O) groups excluding carboxylic acids is 7. The van der Waals surface area contributed by atoms with Gasteiger partial charge >= 0.3 is 24.1 Å². The smallest absolute Gasteiger partial charge is 0.319 e. The number of nitrogens with zero attached hydrogens (tertiary/aromatic N) is 6. The average molecular weight is 1810 g/mol. The van der Waals surface area contributed by atoms with Crippen molar-refractivity contribution in [2.75, 3.05) is 98.1 Å². The monoisotopic (exact) mass is 1810 g/mol. The van der Waals surface area contributed by atoms with Crippen LogP contribution in [0.3, 0.4) is 0 Å². The Morgan fingerprint density at radius 1 is 0.440 bits per heavy atom. The van der Waals surface area contributed by atoms with E-state index < -0.39 is 0 Å². The minimum absolute atomic E-state index is 0.0213. The molecule has 4 heterocycles. The van der Waals surface area contributed by atoms with Crippen molar-refractivity contribution >= 4 is 76.8 Å². The largest absolute Gasteiger partial charge is 0.343 e. The number of aryl methyl sites for hydroxylation is 2. The molecule has 0 spiro atoms. The van der Waals surface area contributed by atoms with E-state index in [0.717, 1.165) is 215 Å². The van der Waals surface area contributed by atoms with Crippen LogP contribution in [-0.4, -0.2) is 194 Å². The van der Waals surface area contributed by atoms with Gasteiger partial charge in [-0.1, -0.05) is 291 Å². The van der Waals surface area contributed by atoms with Gasteiger partial charge in [-0.15, -0.1) is 0 Å². The molecule has 0 radical (unpaired) electrons. The molecule has 4 aliphatic heterocycles. The Balaban J connectivity index is 0.000000692. The van der Waals surface area contributed by atoms with E-state index in [-0.39, 0.29) is 30.0 Å². The molecule has 0 unspecified atom stereocenters. The van der Waals surface area contributed by atoms with E-state index in [1.165, 1.54) is 222 Å². The van der Waals surface area contributed by atoms with Crippen LogP contribution < -0.4 is 26.6 Å². The molecular formula is C104H191Cl2N11O7S. The Morgan fingerprint density at radius 3 is 1.26 bits per heavy atom. The van der Waals surface area contributed by atoms with Crippen LogP contribution in [0.5, 0.6) is 0 Å². The van der Waals surface area contributed by atoms with Gasteiger partial charge in [-0.25, -0.2) is 19.2 Å². The number of unbranched alkanes of at least 4 members (excludes halogenated alkanes) is 8. The van der Waals surface area contributed by atoms with Gasteiger partial charge in [0.05, 0.1) is 0 Å². The number of urea groups is 4. The van der Waals surface area contributed by atoms with Gasteiger partial charge in [0.25, 0.3) is 0 Å². The number of likely N-dealkylation sites (tertiary alicyclic amines) is 3. The zero-order valence-corrected chi connectivity index (χ0v) is 85.4. The lowest BCUT2D eigenvalue weighted by molar-refractivity contribution is -0.133. The van der Waals surface area contributed by atoms with Gasteiger partial charge in [-0.3, -0.25) is 14.4 Å². The van der Waals surface area contributed by atoms with E-state index in [2.05, 4.69) is 127 Å². The lowest BCUT2D eigenvalue weighted by atomic mass is 9.95. The summed E-state index contributed by atoms with van der Waals surface area (Å²) in [6, 6.07) is 18.0. The first-order valence-corrected chi connectivity index (χ1v) is 53.2. The summed E-state index contributed by atoms with van der Waals surface area (Å²) in [7, 11) is 5.79. The fourth-order valence-corrected chi connectivity index (χ4v) is 17.5. The van der Waals surface area contributed by atoms with Crippen molar-refractivity contribution in [1.82, 2.24) is 56.0 Å². The Kier molecular flexibility index (Phi) is 74.2. The highest BCUT2D eigenvalue weighted by atomic mass is 35.5. The first kappa shape index (κ1) is 118. The highest BCUT2D eigenvalue weighted by Crippen LogP contribution is 2.32. The predicted octanol–water partition coefficient (Wildman–Crippen LogP) is 26.7. The number of nitrogens with one attached hydrogen (secondary N) is 5. The molecule has 4 saturated heterocycles. The summed E-state index contributed by atoms with van der Waals surface area (Å²) in [5, 5.41) is 16.7. The second kappa shape index (κ2) is 78.7. The van der Waals surface area contributed by atoms with Gasteiger partial charge in [0.2, 0.25) is 17.7 Å². The Morgan fingerprint density at radius 2 is 0.880 bits per heavy atom. The molecule has 21 heteroatoms. The SMILES string of the molecule is CC(=O)N1CCC(C)CC1.CC1CC1.CC1CCSCC1.CCC1CC1.CCCCCN(C)C(=O)N(C)C1CCCCC1.CCCCCN(C)C(=O)NC1CCCCC1.CCCCCNC(=O)NC1CCCC1.CCCCCNC(=O)NC1CCCCC1.CCCN1CCCC1=O.CCCN1CCCCC1=O.CCc1cccc(Cl)c1.CCc1ccccc1Cl. The number of piperidine rings is 2. The summed E-state index contributed by atoms with van der Waals surface area (Å²) in [5.74, 6) is 7.78. The van der Waals surface area contributed by atoms with E-state index >= 15 is 0 Å². The maximum absolute atomic E-state index is 12.2. The van der Waals surface area contributed by atoms with Crippen LogP contribution in [0.15, 0.2) is 48.5 Å². The van der Waals surface area contributed by atoms with Crippen LogP contribution in [0.2, 0.25) is 10.0 Å². The molecule has 0 bridgehead atoms. The summed E-state index contributed by atoms with van der Waals surface area (Å²) in [6.45, 7) is 37.2. The third kappa shape index (κ3) is 65.1. The summed E-state index contributed by atoms with van der Waals surface area (Å²) < 4.78 is 0. The minimum atomic E-state index is 0.0213. The zero-order valence-electron chi connectivity index (χ0n) is 83.1. The van der Waals surface area contributed by atoms with Crippen molar-refractivity contribution in [2.45, 2.75) is 429 Å². The molecule has 2 aromatic carbocycles. The quantitative estimate of drug-likeness (QED) is 0.0544. The molecule has 6 aliphatic carbocycles. The maximum atomic E-state index is 12.2. The number of carbonyl (C=O) groups is 7. The first-order valence-electron chi connectivity index (χ1n) is 51.3. The van der Waals surface area contributed by atoms with Gasteiger partial charge in [0, 0.05) is 141 Å². The Hall–Kier alpha value is -5.14. The average Bonchev–Trinajstić information content (AvgIpc) is 1.59. The Labute approximate surface area is 781 Å². The van der Waals surface area contributed by atoms with Crippen molar-refractivity contribution in [1.29, 1.82) is 0 Å². The predicted molar refractivity (Wildman–Crippen MR) is 537 cm³/mol. The van der Waals surface area contributed by atoms with Gasteiger partial charge in [-0.05, 0) is 212 Å². The second-order valence-electron chi connectivity index (χ2n) is 37.0. The summed E-state index contributed by atoms with van der Waals surface area (Å²) in [6.07, 6.45) is 59.4. The van der Waals surface area contributed by atoms with E-state index in [9.17, 15) is 33.6 Å². The molecule has 10 fully saturated rings. The number of rotatable bonds is 27. The van der Waals surface area contributed by atoms with Gasteiger partial charge < -0.3 is 56.0 Å². The molecule has 10 aliphatic rings. The van der Waals surface area contributed by atoms with Crippen molar-refractivity contribution in [2.24, 2.45) is 23.7 Å². The van der Waals surface area contributed by atoms with E-state index in [0.29, 0.717) is 36.0 Å². The van der Waals surface area contributed by atoms with Crippen LogP contribution >= 0.6 is 35.0 Å². The molecule has 0 atom stereocenters. The number of benzene rings is 2. The van der Waals surface area contributed by atoms with Crippen LogP contribution in [0, 0.1) is 23.7 Å². The zero-order chi connectivity index (χ0) is 92.5. The lowest BCUT2D eigenvalue weighted by Gasteiger charge is -2.34. The number of thioether (sulfide) groups is 1. The standard InChI is InChI=1S/C14H28N2O.C13H26N2O.C12H24N2O.C11H22N2O.2C8H9Cl.2C8H15NO.C7H13NO.C6H12S.C5H10.C4H8/c1-4-5-9-12-15(2)14(17)16(3)13-10-7-6-8-11-13;1-3-4-8-11-15(2)13(16)14-12-9-6-5-7-10-12;1-2-3-7-10-13-12(15)14-11-8-5-4-6-9-11;1-2-3-6-9-12-11(14)13-10-7-4-5-8-10;1-2-7-4-3-5-8(9)6-7;1-2-7-5-3-4-6-8(7)9;1-7-3-5-9(6-4-7)8(2)10;1-2-6-9-7-4-3-5-8(9)10;1-2-5-8-6-3-4-7(8)9;1-6-2-4-7-5-3-6;1-2-5-3-4-5;1-4-2-3-4/h13H,4-12H2,1-3H3;12H,3-11H2,1-2H3,(H,14,16);11H,2-10H2,1H3,(H2,13,14,15);10H,2-9H2,1H3,(H2,12,13,14);2*3-6H,2H2,1H3;7H,3-6H2,1-2H3;2-7H2,1H3;2-6H2,1H3;6H,2-5H2,1H3;5H,2-4H2,1H3;4H,2-3H2,1H3. The van der Waals surface area contributed by atoms with E-state index in [1.807, 2.05) is 93.0 Å². The Bertz CT molecular complexity index is 2960. The van der Waals surface area contributed by atoms with E-state index in [1.54, 1.807) is 6.92 Å². The number of hydrogen-bond acceptors (Lipinski definition) is 8. The number of amides is 11. The molecule has 2 aromatic rings. The van der Waals surface area contributed by atoms with Gasteiger partial charge in [0.15, 0.2) is 0 Å². The van der Waals surface area contributed by atoms with Crippen LogP contribution in [-0.2, 0) is 27.2 Å². The summed E-state index contributed by atoms with van der Waals surface area (Å²) >= 11 is 13.6. The van der Waals surface area contributed by atoms with Crippen molar-refractivity contribution < 1.29 is 33.6 Å². The second-order valence-corrected chi connectivity index (χ2v) is 39.1. The molecule has 12 rings (SSSR count). The van der Waals surface area contributed by atoms with Crippen LogP contribution in [0.4, 0.5) is 19.2 Å². The molecule has 18 nitrogen and oxygen atoms in total. The summed E-state index contributed by atoms with van der Waals surface area (Å²) in [4.78, 5) is 91.1. The van der Waals surface area contributed by atoms with E-state index in [4.69, 9.17) is 23.2 Å². The lowest BCUT2D eigenvalue weighted by Crippen LogP contribution is -2.45. The normalized spacial score (nSPS) is 17.7. The van der Waals surface area contributed by atoms with Crippen molar-refractivity contribution in [3.05, 3.63) is 69.7 Å². The molecule has 0 aromatic heterocycles. The van der Waals surface area contributed by atoms with Gasteiger partial charge in [-0.2, -0.15) is 11.8 Å². The van der Waals surface area contributed by atoms with Crippen LogP contribution in [0.1, 0.15) is 403 Å². The fourth-order valence-electron chi connectivity index (χ4n) is 15.7. The van der Waals surface area contributed by atoms with Crippen molar-refractivity contribution in [3.63, 3.8) is 0 Å². The highest BCUT2D eigenvalue weighted by molar-refractivity contribution is 7.99. The molecule has 125 heavy (non-hydrogen) atoms. The third-order valence-corrected chi connectivity index (χ3v) is 26.7. The fraction of sp³-hybridized carbons (Fsp3) is 0.817. The molecule has 724 valence electrons. The van der Waals surface area contributed by atoms with Crippen molar-refractivity contribution in [3.8, 4) is 0 Å². The maximum Gasteiger partial charge on any atom is 0.319 e. The highest BCUT2D eigenvalue weighted by Gasteiger charge is 2.26. The molecule has 11 amide bonds. The van der Waals surface area contributed by atoms with Crippen LogP contribution in [0.25, 0.3) is 0 Å².